The molecule has 1 aliphatic rings. The molecule has 19 heavy (non-hydrogen) atoms. The van der Waals surface area contributed by atoms with Gasteiger partial charge >= 0.3 is 0 Å². The summed E-state index contributed by atoms with van der Waals surface area (Å²) in [5, 5.41) is 0. The molecular weight excluding hydrogens is 230 g/mol. The van der Waals surface area contributed by atoms with Gasteiger partial charge in [-0.3, -0.25) is 0 Å². The Bertz CT molecular complexity index is 573. The number of hydrogen-bond acceptors (Lipinski definition) is 1. The number of nitrogens with two attached hydrogens (primary N) is 1. The third kappa shape index (κ3) is 2.31. The van der Waals surface area contributed by atoms with E-state index < -0.39 is 0 Å². The summed E-state index contributed by atoms with van der Waals surface area (Å²) < 4.78 is 0. The van der Waals surface area contributed by atoms with Gasteiger partial charge in [0.25, 0.3) is 0 Å². The topological polar surface area (TPSA) is 26.0 Å². The second-order valence-electron chi connectivity index (χ2n) is 5.58. The molecule has 1 heteroatoms. The largest absolute Gasteiger partial charge is 0.323 e. The normalized spacial score (nSPS) is 19.8. The minimum absolute atomic E-state index is 0.114. The fraction of sp³-hybridized carbons (Fsp3) is 0.333. The highest BCUT2D eigenvalue weighted by Crippen LogP contribution is 2.39. The molecule has 2 aromatic rings. The van der Waals surface area contributed by atoms with E-state index in [9.17, 15) is 0 Å². The Kier molecular flexibility index (Phi) is 3.39. The second kappa shape index (κ2) is 5.18. The molecule has 2 unspecified atom stereocenters. The molecule has 0 aromatic heterocycles. The molecule has 0 heterocycles. The number of benzene rings is 2. The number of fused-ring (bicyclic) bond motifs is 1. The lowest BCUT2D eigenvalue weighted by Crippen LogP contribution is -2.24. The van der Waals surface area contributed by atoms with Crippen molar-refractivity contribution in [1.29, 1.82) is 0 Å². The fourth-order valence-electron chi connectivity index (χ4n) is 3.34. The minimum atomic E-state index is 0.114. The molecule has 0 radical (unpaired) electrons. The first-order valence-electron chi connectivity index (χ1n) is 7.16. The summed E-state index contributed by atoms with van der Waals surface area (Å²) in [5.41, 5.74) is 12.1. The molecule has 0 bridgehead atoms. The molecule has 2 aromatic carbocycles. The maximum Gasteiger partial charge on any atom is 0.0367 e. The molecule has 2 N–H and O–H groups in total. The molecule has 0 saturated heterocycles. The number of hydrogen-bond donors (Lipinski definition) is 1. The van der Waals surface area contributed by atoms with Crippen molar-refractivity contribution in [3.8, 4) is 0 Å². The van der Waals surface area contributed by atoms with E-state index in [0.29, 0.717) is 5.92 Å². The lowest BCUT2D eigenvalue weighted by Gasteiger charge is -2.31. The Balaban J connectivity index is 1.98. The van der Waals surface area contributed by atoms with Crippen LogP contribution in [0.5, 0.6) is 0 Å². The summed E-state index contributed by atoms with van der Waals surface area (Å²) in [6.45, 7) is 2.16. The summed E-state index contributed by atoms with van der Waals surface area (Å²) in [4.78, 5) is 0. The van der Waals surface area contributed by atoms with Gasteiger partial charge in [0.15, 0.2) is 0 Å². The zero-order valence-electron chi connectivity index (χ0n) is 11.5. The first-order chi connectivity index (χ1) is 9.27. The van der Waals surface area contributed by atoms with Gasteiger partial charge < -0.3 is 5.73 Å². The maximum absolute atomic E-state index is 6.59. The van der Waals surface area contributed by atoms with E-state index in [0.717, 1.165) is 0 Å². The van der Waals surface area contributed by atoms with Crippen LogP contribution in [0.25, 0.3) is 0 Å². The van der Waals surface area contributed by atoms with Gasteiger partial charge in [-0.25, -0.2) is 0 Å². The molecule has 0 saturated carbocycles. The highest BCUT2D eigenvalue weighted by atomic mass is 14.7. The van der Waals surface area contributed by atoms with Crippen molar-refractivity contribution in [3.05, 3.63) is 70.8 Å². The van der Waals surface area contributed by atoms with Gasteiger partial charge in [0.2, 0.25) is 0 Å². The van der Waals surface area contributed by atoms with E-state index in [-0.39, 0.29) is 6.04 Å². The van der Waals surface area contributed by atoms with Gasteiger partial charge in [-0.05, 0) is 48.4 Å². The van der Waals surface area contributed by atoms with E-state index >= 15 is 0 Å². The highest BCUT2D eigenvalue weighted by Gasteiger charge is 2.26. The maximum atomic E-state index is 6.59. The predicted molar refractivity (Wildman–Crippen MR) is 80.2 cm³/mol. The standard InChI is InChI=1S/C18H21N/c1-13-7-2-4-10-15(13)18(19)17-12-6-9-14-8-3-5-11-16(14)17/h2-5,7-8,10-11,17-18H,6,9,12,19H2,1H3. The fourth-order valence-corrected chi connectivity index (χ4v) is 3.34. The Hall–Kier alpha value is -1.60. The Morgan fingerprint density at radius 3 is 2.63 bits per heavy atom. The number of rotatable bonds is 2. The first kappa shape index (κ1) is 12.4. The van der Waals surface area contributed by atoms with E-state index in [2.05, 4.69) is 55.5 Å². The van der Waals surface area contributed by atoms with Crippen molar-refractivity contribution < 1.29 is 0 Å². The monoisotopic (exact) mass is 251 g/mol. The first-order valence-corrected chi connectivity index (χ1v) is 7.16. The minimum Gasteiger partial charge on any atom is -0.323 e. The molecule has 0 fully saturated rings. The van der Waals surface area contributed by atoms with E-state index in [1.807, 2.05) is 0 Å². The van der Waals surface area contributed by atoms with Gasteiger partial charge in [0.05, 0.1) is 0 Å². The summed E-state index contributed by atoms with van der Waals surface area (Å²) in [6, 6.07) is 17.4. The van der Waals surface area contributed by atoms with E-state index in [1.54, 1.807) is 0 Å². The van der Waals surface area contributed by atoms with Crippen LogP contribution in [0.15, 0.2) is 48.5 Å². The predicted octanol–water partition coefficient (Wildman–Crippen LogP) is 4.11. The quantitative estimate of drug-likeness (QED) is 0.854. The van der Waals surface area contributed by atoms with Gasteiger partial charge in [-0.1, -0.05) is 48.5 Å². The van der Waals surface area contributed by atoms with E-state index in [1.165, 1.54) is 41.5 Å². The van der Waals surface area contributed by atoms with Crippen LogP contribution in [0.2, 0.25) is 0 Å². The van der Waals surface area contributed by atoms with Crippen molar-refractivity contribution >= 4 is 0 Å². The average Bonchev–Trinajstić information content (AvgIpc) is 2.46. The van der Waals surface area contributed by atoms with Gasteiger partial charge in [-0.2, -0.15) is 0 Å². The van der Waals surface area contributed by atoms with Crippen LogP contribution in [-0.2, 0) is 6.42 Å². The highest BCUT2D eigenvalue weighted by molar-refractivity contribution is 5.38. The third-order valence-corrected chi connectivity index (χ3v) is 4.40. The molecule has 3 rings (SSSR count). The van der Waals surface area contributed by atoms with Crippen LogP contribution in [-0.4, -0.2) is 0 Å². The molecule has 1 aliphatic carbocycles. The van der Waals surface area contributed by atoms with Crippen molar-refractivity contribution in [2.45, 2.75) is 38.1 Å². The van der Waals surface area contributed by atoms with Crippen LogP contribution in [0, 0.1) is 6.92 Å². The SMILES string of the molecule is Cc1ccccc1C(N)C1CCCc2ccccc21. The molecular formula is C18H21N. The second-order valence-corrected chi connectivity index (χ2v) is 5.58. The van der Waals surface area contributed by atoms with Crippen molar-refractivity contribution in [1.82, 2.24) is 0 Å². The van der Waals surface area contributed by atoms with Crippen molar-refractivity contribution in [2.75, 3.05) is 0 Å². The molecule has 0 aliphatic heterocycles. The Morgan fingerprint density at radius 1 is 1.05 bits per heavy atom. The van der Waals surface area contributed by atoms with Crippen LogP contribution >= 0.6 is 0 Å². The van der Waals surface area contributed by atoms with Crippen molar-refractivity contribution in [3.63, 3.8) is 0 Å². The van der Waals surface area contributed by atoms with Crippen LogP contribution in [0.3, 0.4) is 0 Å². The number of aryl methyl sites for hydroxylation is 2. The summed E-state index contributed by atoms with van der Waals surface area (Å²) in [5.74, 6) is 0.464. The zero-order valence-corrected chi connectivity index (χ0v) is 11.5. The molecule has 2 atom stereocenters. The molecule has 0 spiro atoms. The molecule has 1 nitrogen and oxygen atoms in total. The summed E-state index contributed by atoms with van der Waals surface area (Å²) in [6.07, 6.45) is 3.65. The summed E-state index contributed by atoms with van der Waals surface area (Å²) in [7, 11) is 0. The lowest BCUT2D eigenvalue weighted by atomic mass is 9.76. The van der Waals surface area contributed by atoms with Crippen LogP contribution in [0.1, 0.15) is 47.1 Å². The lowest BCUT2D eigenvalue weighted by molar-refractivity contribution is 0.473. The molecule has 0 amide bonds. The summed E-state index contributed by atoms with van der Waals surface area (Å²) >= 11 is 0. The van der Waals surface area contributed by atoms with Gasteiger partial charge in [0, 0.05) is 12.0 Å². The van der Waals surface area contributed by atoms with Crippen molar-refractivity contribution in [2.24, 2.45) is 5.73 Å². The van der Waals surface area contributed by atoms with Gasteiger partial charge in [-0.15, -0.1) is 0 Å². The molecule has 98 valence electrons. The van der Waals surface area contributed by atoms with Crippen LogP contribution in [0.4, 0.5) is 0 Å². The Morgan fingerprint density at radius 2 is 1.79 bits per heavy atom. The van der Waals surface area contributed by atoms with Gasteiger partial charge in [0.1, 0.15) is 0 Å². The Labute approximate surface area is 115 Å². The third-order valence-electron chi connectivity index (χ3n) is 4.40. The van der Waals surface area contributed by atoms with Crippen LogP contribution < -0.4 is 5.73 Å². The zero-order chi connectivity index (χ0) is 13.2. The smallest absolute Gasteiger partial charge is 0.0367 e. The van der Waals surface area contributed by atoms with E-state index in [4.69, 9.17) is 5.73 Å². The average molecular weight is 251 g/mol.